The Bertz CT molecular complexity index is 147. The second kappa shape index (κ2) is 6.17. The molecule has 1 unspecified atom stereocenters. The number of methoxy groups -OCH3 is 1. The monoisotopic (exact) mass is 185 g/mol. The molecule has 0 aliphatic heterocycles. The van der Waals surface area contributed by atoms with Crippen LogP contribution in [-0.4, -0.2) is 25.8 Å². The van der Waals surface area contributed by atoms with Gasteiger partial charge in [0.15, 0.2) is 0 Å². The van der Waals surface area contributed by atoms with Crippen LogP contribution in [-0.2, 0) is 4.74 Å². The van der Waals surface area contributed by atoms with E-state index in [0.29, 0.717) is 5.92 Å². The SMILES string of the molecule is COCC(C)/C=C/CNC(C)(C)C. The van der Waals surface area contributed by atoms with Gasteiger partial charge in [-0.15, -0.1) is 0 Å². The lowest BCUT2D eigenvalue weighted by Gasteiger charge is -2.19. The van der Waals surface area contributed by atoms with E-state index in [1.54, 1.807) is 7.11 Å². The summed E-state index contributed by atoms with van der Waals surface area (Å²) in [5.41, 5.74) is 0.203. The summed E-state index contributed by atoms with van der Waals surface area (Å²) < 4.78 is 5.03. The molecule has 2 heteroatoms. The largest absolute Gasteiger partial charge is 0.384 e. The molecule has 2 nitrogen and oxygen atoms in total. The summed E-state index contributed by atoms with van der Waals surface area (Å²) in [4.78, 5) is 0. The number of hydrogen-bond donors (Lipinski definition) is 1. The van der Waals surface area contributed by atoms with E-state index in [0.717, 1.165) is 13.2 Å². The Morgan fingerprint density at radius 3 is 2.46 bits per heavy atom. The Hall–Kier alpha value is -0.340. The van der Waals surface area contributed by atoms with Crippen molar-refractivity contribution < 1.29 is 4.74 Å². The van der Waals surface area contributed by atoms with Gasteiger partial charge in [-0.3, -0.25) is 0 Å². The van der Waals surface area contributed by atoms with E-state index in [-0.39, 0.29) is 5.54 Å². The van der Waals surface area contributed by atoms with Crippen LogP contribution in [0.15, 0.2) is 12.2 Å². The van der Waals surface area contributed by atoms with Crippen molar-refractivity contribution in [1.82, 2.24) is 5.32 Å². The minimum absolute atomic E-state index is 0.203. The molecule has 0 aromatic carbocycles. The minimum atomic E-state index is 0.203. The van der Waals surface area contributed by atoms with Gasteiger partial charge >= 0.3 is 0 Å². The summed E-state index contributed by atoms with van der Waals surface area (Å²) in [5, 5.41) is 3.39. The van der Waals surface area contributed by atoms with Gasteiger partial charge in [0.25, 0.3) is 0 Å². The van der Waals surface area contributed by atoms with Crippen LogP contribution in [0.5, 0.6) is 0 Å². The quantitative estimate of drug-likeness (QED) is 0.663. The van der Waals surface area contributed by atoms with Crippen molar-refractivity contribution in [3.63, 3.8) is 0 Å². The van der Waals surface area contributed by atoms with E-state index in [9.17, 15) is 0 Å². The fourth-order valence-electron chi connectivity index (χ4n) is 0.984. The van der Waals surface area contributed by atoms with Crippen LogP contribution >= 0.6 is 0 Å². The molecule has 0 heterocycles. The van der Waals surface area contributed by atoms with E-state index < -0.39 is 0 Å². The third kappa shape index (κ3) is 9.57. The summed E-state index contributed by atoms with van der Waals surface area (Å²) >= 11 is 0. The van der Waals surface area contributed by atoms with Crippen LogP contribution in [0.3, 0.4) is 0 Å². The molecule has 13 heavy (non-hydrogen) atoms. The van der Waals surface area contributed by atoms with Gasteiger partial charge in [-0.1, -0.05) is 19.1 Å². The number of rotatable bonds is 5. The molecule has 0 radical (unpaired) electrons. The Kier molecular flexibility index (Phi) is 6.00. The molecule has 1 N–H and O–H groups in total. The van der Waals surface area contributed by atoms with E-state index >= 15 is 0 Å². The van der Waals surface area contributed by atoms with Gasteiger partial charge in [-0.2, -0.15) is 0 Å². The van der Waals surface area contributed by atoms with E-state index in [1.807, 2.05) is 0 Å². The first-order valence-electron chi connectivity index (χ1n) is 4.86. The van der Waals surface area contributed by atoms with Gasteiger partial charge in [0.1, 0.15) is 0 Å². The lowest BCUT2D eigenvalue weighted by atomic mass is 10.1. The molecule has 0 aliphatic rings. The fraction of sp³-hybridized carbons (Fsp3) is 0.818. The highest BCUT2D eigenvalue weighted by atomic mass is 16.5. The summed E-state index contributed by atoms with van der Waals surface area (Å²) in [6, 6.07) is 0. The third-order valence-corrected chi connectivity index (χ3v) is 1.64. The summed E-state index contributed by atoms with van der Waals surface area (Å²) in [5.74, 6) is 0.506. The van der Waals surface area contributed by atoms with Crippen molar-refractivity contribution in [2.45, 2.75) is 33.2 Å². The average Bonchev–Trinajstić information content (AvgIpc) is 1.97. The van der Waals surface area contributed by atoms with Crippen LogP contribution in [0.4, 0.5) is 0 Å². The minimum Gasteiger partial charge on any atom is -0.384 e. The van der Waals surface area contributed by atoms with Crippen molar-refractivity contribution in [3.05, 3.63) is 12.2 Å². The van der Waals surface area contributed by atoms with E-state index in [1.165, 1.54) is 0 Å². The maximum atomic E-state index is 5.03. The predicted octanol–water partition coefficient (Wildman–Crippen LogP) is 2.21. The second-order valence-corrected chi connectivity index (χ2v) is 4.49. The standard InChI is InChI=1S/C11H23NO/c1-10(9-13-5)7-6-8-12-11(2,3)4/h6-7,10,12H,8-9H2,1-5H3/b7-6+. The Morgan fingerprint density at radius 2 is 2.00 bits per heavy atom. The molecule has 0 saturated carbocycles. The molecule has 0 rings (SSSR count). The van der Waals surface area contributed by atoms with Gasteiger partial charge in [0, 0.05) is 19.2 Å². The highest BCUT2D eigenvalue weighted by Crippen LogP contribution is 1.99. The second-order valence-electron chi connectivity index (χ2n) is 4.49. The zero-order valence-electron chi connectivity index (χ0n) is 9.55. The van der Waals surface area contributed by atoms with Crippen LogP contribution in [0.2, 0.25) is 0 Å². The van der Waals surface area contributed by atoms with Gasteiger partial charge in [0.05, 0.1) is 6.61 Å². The zero-order chi connectivity index (χ0) is 10.3. The molecule has 0 aromatic rings. The van der Waals surface area contributed by atoms with Crippen molar-refractivity contribution >= 4 is 0 Å². The van der Waals surface area contributed by atoms with Crippen LogP contribution in [0.1, 0.15) is 27.7 Å². The maximum absolute atomic E-state index is 5.03. The van der Waals surface area contributed by atoms with Crippen LogP contribution < -0.4 is 5.32 Å². The topological polar surface area (TPSA) is 21.3 Å². The summed E-state index contributed by atoms with van der Waals surface area (Å²) in [7, 11) is 1.73. The molecule has 1 atom stereocenters. The van der Waals surface area contributed by atoms with Gasteiger partial charge < -0.3 is 10.1 Å². The Balaban J connectivity index is 3.52. The van der Waals surface area contributed by atoms with E-state index in [4.69, 9.17) is 4.74 Å². The molecular weight excluding hydrogens is 162 g/mol. The molecule has 78 valence electrons. The number of ether oxygens (including phenoxy) is 1. The molecule has 0 aliphatic carbocycles. The van der Waals surface area contributed by atoms with Crippen molar-refractivity contribution in [2.75, 3.05) is 20.3 Å². The average molecular weight is 185 g/mol. The molecule has 0 saturated heterocycles. The van der Waals surface area contributed by atoms with Crippen LogP contribution in [0, 0.1) is 5.92 Å². The highest BCUT2D eigenvalue weighted by Gasteiger charge is 2.05. The molecule has 0 aromatic heterocycles. The number of nitrogens with one attached hydrogen (secondary N) is 1. The van der Waals surface area contributed by atoms with Crippen molar-refractivity contribution in [2.24, 2.45) is 5.92 Å². The van der Waals surface area contributed by atoms with E-state index in [2.05, 4.69) is 45.2 Å². The van der Waals surface area contributed by atoms with Crippen molar-refractivity contribution in [1.29, 1.82) is 0 Å². The smallest absolute Gasteiger partial charge is 0.0522 e. The fourth-order valence-corrected chi connectivity index (χ4v) is 0.984. The van der Waals surface area contributed by atoms with Gasteiger partial charge in [-0.25, -0.2) is 0 Å². The van der Waals surface area contributed by atoms with Crippen molar-refractivity contribution in [3.8, 4) is 0 Å². The number of hydrogen-bond acceptors (Lipinski definition) is 2. The molecule has 0 amide bonds. The van der Waals surface area contributed by atoms with Gasteiger partial charge in [0.2, 0.25) is 0 Å². The van der Waals surface area contributed by atoms with Gasteiger partial charge in [-0.05, 0) is 26.7 Å². The Morgan fingerprint density at radius 1 is 1.38 bits per heavy atom. The summed E-state index contributed by atoms with van der Waals surface area (Å²) in [6.45, 7) is 10.4. The predicted molar refractivity (Wildman–Crippen MR) is 57.9 cm³/mol. The first kappa shape index (κ1) is 12.7. The highest BCUT2D eigenvalue weighted by molar-refractivity contribution is 4.89. The Labute approximate surface area is 82.4 Å². The molecule has 0 spiro atoms. The molecular formula is C11H23NO. The lowest BCUT2D eigenvalue weighted by molar-refractivity contribution is 0.176. The lowest BCUT2D eigenvalue weighted by Crippen LogP contribution is -2.35. The first-order valence-corrected chi connectivity index (χ1v) is 4.86. The normalized spacial score (nSPS) is 15.2. The first-order chi connectivity index (χ1) is 5.95. The third-order valence-electron chi connectivity index (χ3n) is 1.64. The maximum Gasteiger partial charge on any atom is 0.0522 e. The molecule has 0 bridgehead atoms. The summed E-state index contributed by atoms with van der Waals surface area (Å²) in [6.07, 6.45) is 4.34. The van der Waals surface area contributed by atoms with Crippen LogP contribution in [0.25, 0.3) is 0 Å². The zero-order valence-corrected chi connectivity index (χ0v) is 9.55. The molecule has 0 fully saturated rings.